The maximum atomic E-state index is 13.4. The Hall–Kier alpha value is -3.81. The van der Waals surface area contributed by atoms with E-state index in [0.717, 1.165) is 47.0 Å². The zero-order valence-electron chi connectivity index (χ0n) is 20.9. The molecule has 8 heteroatoms. The number of carbonyl (C=O) groups excluding carboxylic acids is 1. The van der Waals surface area contributed by atoms with Crippen molar-refractivity contribution in [2.75, 3.05) is 20.1 Å². The molecule has 1 saturated carbocycles. The molecule has 6 rings (SSSR count). The van der Waals surface area contributed by atoms with Gasteiger partial charge in [0.1, 0.15) is 0 Å². The van der Waals surface area contributed by atoms with E-state index in [0.29, 0.717) is 18.7 Å². The van der Waals surface area contributed by atoms with Crippen molar-refractivity contribution < 1.29 is 14.7 Å². The van der Waals surface area contributed by atoms with Crippen LogP contribution < -0.4 is 0 Å². The molecule has 2 amide bonds. The van der Waals surface area contributed by atoms with Gasteiger partial charge in [0.05, 0.1) is 16.7 Å². The fourth-order valence-electron chi connectivity index (χ4n) is 5.40. The summed E-state index contributed by atoms with van der Waals surface area (Å²) in [6, 6.07) is 14.5. The number of hydrogen-bond donors (Lipinski definition) is 1. The van der Waals surface area contributed by atoms with Gasteiger partial charge in [-0.1, -0.05) is 18.2 Å². The summed E-state index contributed by atoms with van der Waals surface area (Å²) in [5.74, 6) is 1.58. The van der Waals surface area contributed by atoms with E-state index in [1.54, 1.807) is 4.90 Å². The third-order valence-corrected chi connectivity index (χ3v) is 7.90. The molecule has 0 radical (unpaired) electrons. The van der Waals surface area contributed by atoms with Crippen molar-refractivity contribution in [1.82, 2.24) is 23.9 Å². The molecule has 1 atom stereocenters. The van der Waals surface area contributed by atoms with E-state index in [9.17, 15) is 14.7 Å². The lowest BCUT2D eigenvalue weighted by molar-refractivity contribution is 0.0680. The van der Waals surface area contributed by atoms with Crippen molar-refractivity contribution in [3.05, 3.63) is 53.6 Å². The van der Waals surface area contributed by atoms with Crippen LogP contribution in [0.4, 0.5) is 4.79 Å². The average Bonchev–Trinajstić information content (AvgIpc) is 3.54. The second-order valence-electron chi connectivity index (χ2n) is 10.4. The number of para-hydroxylation sites is 1. The molecular weight excluding hydrogens is 454 g/mol. The van der Waals surface area contributed by atoms with E-state index in [1.165, 1.54) is 35.7 Å². The number of hydrogen-bond acceptors (Lipinski definition) is 3. The lowest BCUT2D eigenvalue weighted by atomic mass is 9.97. The Morgan fingerprint density at radius 3 is 2.72 bits per heavy atom. The largest absolute Gasteiger partial charge is 0.465 e. The van der Waals surface area contributed by atoms with E-state index in [1.807, 2.05) is 13.0 Å². The van der Waals surface area contributed by atoms with Gasteiger partial charge in [0.15, 0.2) is 5.82 Å². The summed E-state index contributed by atoms with van der Waals surface area (Å²) in [5, 5.41) is 10.5. The molecule has 4 aromatic rings. The molecule has 0 bridgehead atoms. The van der Waals surface area contributed by atoms with Crippen LogP contribution in [0.25, 0.3) is 33.5 Å². The SMILES string of the molecule is CC(CN1CCc2cc3c(cc2C1=O)nc(-c1cc2ccccc2n1CC1CC1)n3C)N(C)C(=O)O. The minimum absolute atomic E-state index is 0.0566. The lowest BCUT2D eigenvalue weighted by Crippen LogP contribution is -2.47. The van der Waals surface area contributed by atoms with E-state index in [-0.39, 0.29) is 11.9 Å². The Morgan fingerprint density at radius 1 is 1.19 bits per heavy atom. The van der Waals surface area contributed by atoms with Crippen molar-refractivity contribution in [3.63, 3.8) is 0 Å². The third-order valence-electron chi connectivity index (χ3n) is 7.90. The van der Waals surface area contributed by atoms with Gasteiger partial charge in [0.2, 0.25) is 0 Å². The van der Waals surface area contributed by atoms with E-state index in [2.05, 4.69) is 52.6 Å². The van der Waals surface area contributed by atoms with Crippen LogP contribution in [0.2, 0.25) is 0 Å². The second-order valence-corrected chi connectivity index (χ2v) is 10.4. The van der Waals surface area contributed by atoms with Gasteiger partial charge in [-0.25, -0.2) is 9.78 Å². The highest BCUT2D eigenvalue weighted by atomic mass is 16.4. The Labute approximate surface area is 209 Å². The van der Waals surface area contributed by atoms with Gasteiger partial charge in [-0.3, -0.25) is 4.79 Å². The molecule has 2 aromatic carbocycles. The number of carbonyl (C=O) groups is 2. The second kappa shape index (κ2) is 8.40. The summed E-state index contributed by atoms with van der Waals surface area (Å²) < 4.78 is 4.55. The van der Waals surface area contributed by atoms with Crippen molar-refractivity contribution in [2.24, 2.45) is 13.0 Å². The topological polar surface area (TPSA) is 83.6 Å². The van der Waals surface area contributed by atoms with Crippen LogP contribution in [-0.2, 0) is 20.0 Å². The van der Waals surface area contributed by atoms with Crippen molar-refractivity contribution in [2.45, 2.75) is 38.8 Å². The zero-order valence-corrected chi connectivity index (χ0v) is 20.9. The van der Waals surface area contributed by atoms with Crippen LogP contribution in [0.5, 0.6) is 0 Å². The summed E-state index contributed by atoms with van der Waals surface area (Å²) in [7, 11) is 3.59. The number of carboxylic acid groups (broad SMARTS) is 1. The molecule has 186 valence electrons. The van der Waals surface area contributed by atoms with E-state index >= 15 is 0 Å². The van der Waals surface area contributed by atoms with Gasteiger partial charge < -0.3 is 24.0 Å². The van der Waals surface area contributed by atoms with Gasteiger partial charge in [0, 0.05) is 56.2 Å². The molecule has 0 spiro atoms. The fraction of sp³-hybridized carbons (Fsp3) is 0.393. The monoisotopic (exact) mass is 485 g/mol. The van der Waals surface area contributed by atoms with Crippen LogP contribution in [0.1, 0.15) is 35.7 Å². The lowest BCUT2D eigenvalue weighted by Gasteiger charge is -2.33. The number of imidazole rings is 1. The van der Waals surface area contributed by atoms with E-state index in [4.69, 9.17) is 4.98 Å². The molecule has 1 unspecified atom stereocenters. The minimum atomic E-state index is -0.992. The van der Waals surface area contributed by atoms with Crippen LogP contribution in [0, 0.1) is 5.92 Å². The third kappa shape index (κ3) is 3.72. The fourth-order valence-corrected chi connectivity index (χ4v) is 5.40. The first-order chi connectivity index (χ1) is 17.3. The van der Waals surface area contributed by atoms with E-state index < -0.39 is 6.09 Å². The number of benzene rings is 2. The zero-order chi connectivity index (χ0) is 25.1. The number of aryl methyl sites for hydroxylation is 1. The number of aromatic nitrogens is 3. The smallest absolute Gasteiger partial charge is 0.407 e. The van der Waals surface area contributed by atoms with Crippen LogP contribution >= 0.6 is 0 Å². The van der Waals surface area contributed by atoms with Crippen molar-refractivity contribution >= 4 is 33.9 Å². The summed E-state index contributed by atoms with van der Waals surface area (Å²) in [4.78, 5) is 32.7. The first-order valence-electron chi connectivity index (χ1n) is 12.6. The number of amides is 2. The van der Waals surface area contributed by atoms with Crippen molar-refractivity contribution in [1.29, 1.82) is 0 Å². The summed E-state index contributed by atoms with van der Waals surface area (Å²) in [6.45, 7) is 3.77. The normalized spacial score (nSPS) is 16.5. The molecule has 36 heavy (non-hydrogen) atoms. The number of rotatable bonds is 6. The summed E-state index contributed by atoms with van der Waals surface area (Å²) >= 11 is 0. The first-order valence-corrected chi connectivity index (χ1v) is 12.6. The number of nitrogens with zero attached hydrogens (tertiary/aromatic N) is 5. The van der Waals surface area contributed by atoms with Crippen LogP contribution in [0.15, 0.2) is 42.5 Å². The maximum absolute atomic E-state index is 13.4. The Bertz CT molecular complexity index is 1510. The summed E-state index contributed by atoms with van der Waals surface area (Å²) in [6.07, 6.45) is 2.30. The van der Waals surface area contributed by atoms with Crippen LogP contribution in [0.3, 0.4) is 0 Å². The average molecular weight is 486 g/mol. The highest BCUT2D eigenvalue weighted by Gasteiger charge is 2.29. The number of fused-ring (bicyclic) bond motifs is 3. The quantitative estimate of drug-likeness (QED) is 0.433. The van der Waals surface area contributed by atoms with Gasteiger partial charge >= 0.3 is 6.09 Å². The van der Waals surface area contributed by atoms with Gasteiger partial charge in [-0.2, -0.15) is 0 Å². The number of likely N-dealkylation sites (N-methyl/N-ethyl adjacent to an activating group) is 1. The molecule has 1 aliphatic heterocycles. The first kappa shape index (κ1) is 22.6. The standard InChI is InChI=1S/C28H31N5O3/c1-17(30(2)28(35)36)15-32-11-10-19-12-24-22(14-21(19)27(32)34)29-26(31(24)3)25-13-20-6-4-5-7-23(20)33(25)16-18-8-9-18/h4-7,12-14,17-18H,8-11,15-16H2,1-3H3,(H,35,36). The Balaban J connectivity index is 1.38. The van der Waals surface area contributed by atoms with Crippen molar-refractivity contribution in [3.8, 4) is 11.5 Å². The predicted molar refractivity (Wildman–Crippen MR) is 139 cm³/mol. The Kier molecular flexibility index (Phi) is 5.28. The molecular formula is C28H31N5O3. The molecule has 1 N–H and O–H groups in total. The van der Waals surface area contributed by atoms with Gasteiger partial charge in [0.25, 0.3) is 5.91 Å². The summed E-state index contributed by atoms with van der Waals surface area (Å²) in [5.41, 5.74) is 5.86. The maximum Gasteiger partial charge on any atom is 0.407 e. The molecule has 3 heterocycles. The van der Waals surface area contributed by atoms with Gasteiger partial charge in [-0.05, 0) is 61.9 Å². The molecule has 0 saturated heterocycles. The molecule has 1 aliphatic carbocycles. The molecule has 8 nitrogen and oxygen atoms in total. The van der Waals surface area contributed by atoms with Crippen LogP contribution in [-0.4, -0.2) is 67.2 Å². The minimum Gasteiger partial charge on any atom is -0.465 e. The predicted octanol–water partition coefficient (Wildman–Crippen LogP) is 4.60. The highest BCUT2D eigenvalue weighted by molar-refractivity contribution is 6.00. The molecule has 2 aliphatic rings. The molecule has 1 fully saturated rings. The van der Waals surface area contributed by atoms with Gasteiger partial charge in [-0.15, -0.1) is 0 Å². The highest BCUT2D eigenvalue weighted by Crippen LogP contribution is 2.37. The molecule has 2 aromatic heterocycles. The Morgan fingerprint density at radius 2 is 1.97 bits per heavy atom.